The molecular formula is C21H20Cl2N4O2. The second kappa shape index (κ2) is 8.95. The zero-order valence-corrected chi connectivity index (χ0v) is 17.2. The molecule has 1 N–H and O–H groups in total. The van der Waals surface area contributed by atoms with E-state index in [4.69, 9.17) is 27.9 Å². The Morgan fingerprint density at radius 3 is 2.28 bits per heavy atom. The number of benzene rings is 1. The van der Waals surface area contributed by atoms with E-state index in [1.807, 2.05) is 0 Å². The van der Waals surface area contributed by atoms with Crippen molar-refractivity contribution in [1.82, 2.24) is 15.0 Å². The lowest BCUT2D eigenvalue weighted by Gasteiger charge is -2.26. The lowest BCUT2D eigenvalue weighted by molar-refractivity contribution is 0.281. The predicted octanol–water partition coefficient (Wildman–Crippen LogP) is 5.12. The smallest absolute Gasteiger partial charge is 0.225 e. The third kappa shape index (κ3) is 4.96. The molecule has 0 radical (unpaired) electrons. The van der Waals surface area contributed by atoms with Crippen molar-refractivity contribution in [2.75, 3.05) is 18.0 Å². The number of ether oxygens (including phenoxy) is 1. The van der Waals surface area contributed by atoms with E-state index in [-0.39, 0.29) is 6.61 Å². The van der Waals surface area contributed by atoms with Gasteiger partial charge in [-0.3, -0.25) is 0 Å². The van der Waals surface area contributed by atoms with Gasteiger partial charge in [-0.05, 0) is 49.1 Å². The first-order chi connectivity index (χ1) is 14.1. The molecule has 0 aliphatic carbocycles. The molecule has 1 saturated heterocycles. The van der Waals surface area contributed by atoms with Crippen molar-refractivity contribution in [2.45, 2.75) is 25.9 Å². The fraction of sp³-hybridized carbons (Fsp3) is 0.286. The minimum Gasteiger partial charge on any atom is -0.436 e. The van der Waals surface area contributed by atoms with Crippen LogP contribution in [0.15, 0.2) is 42.7 Å². The number of aliphatic hydroxyl groups is 1. The molecule has 0 atom stereocenters. The van der Waals surface area contributed by atoms with Gasteiger partial charge in [0, 0.05) is 34.8 Å². The Morgan fingerprint density at radius 2 is 1.62 bits per heavy atom. The number of piperidine rings is 1. The fourth-order valence-corrected chi connectivity index (χ4v) is 3.82. The van der Waals surface area contributed by atoms with Crippen LogP contribution in [-0.2, 0) is 6.61 Å². The normalized spacial score (nSPS) is 14.1. The molecule has 4 rings (SSSR count). The highest BCUT2D eigenvalue weighted by atomic mass is 35.5. The van der Waals surface area contributed by atoms with Crippen molar-refractivity contribution in [3.8, 4) is 22.9 Å². The number of aromatic nitrogens is 3. The molecule has 2 aromatic heterocycles. The van der Waals surface area contributed by atoms with Crippen molar-refractivity contribution in [3.63, 3.8) is 0 Å². The van der Waals surface area contributed by atoms with Gasteiger partial charge in [-0.15, -0.1) is 0 Å². The van der Waals surface area contributed by atoms with Gasteiger partial charge >= 0.3 is 0 Å². The Labute approximate surface area is 179 Å². The summed E-state index contributed by atoms with van der Waals surface area (Å²) in [6.45, 7) is 1.81. The first kappa shape index (κ1) is 19.9. The van der Waals surface area contributed by atoms with Crippen LogP contribution >= 0.6 is 23.2 Å². The molecule has 8 heteroatoms. The first-order valence-corrected chi connectivity index (χ1v) is 10.2. The number of anilines is 1. The van der Waals surface area contributed by atoms with Gasteiger partial charge in [-0.25, -0.2) is 15.0 Å². The van der Waals surface area contributed by atoms with E-state index in [2.05, 4.69) is 19.9 Å². The van der Waals surface area contributed by atoms with Crippen molar-refractivity contribution in [3.05, 3.63) is 58.3 Å². The molecule has 0 amide bonds. The van der Waals surface area contributed by atoms with Gasteiger partial charge in [-0.2, -0.15) is 0 Å². The van der Waals surface area contributed by atoms with Gasteiger partial charge in [0.25, 0.3) is 0 Å². The number of hydrogen-bond donors (Lipinski definition) is 1. The van der Waals surface area contributed by atoms with Crippen LogP contribution in [0.3, 0.4) is 0 Å². The van der Waals surface area contributed by atoms with Crippen LogP contribution in [0.4, 0.5) is 5.95 Å². The Bertz CT molecular complexity index is 972. The van der Waals surface area contributed by atoms with Gasteiger partial charge in [0.2, 0.25) is 11.8 Å². The second-order valence-corrected chi connectivity index (χ2v) is 7.76. The quantitative estimate of drug-likeness (QED) is 0.605. The number of rotatable bonds is 5. The monoisotopic (exact) mass is 430 g/mol. The molecule has 1 fully saturated rings. The average Bonchev–Trinajstić information content (AvgIpc) is 2.74. The van der Waals surface area contributed by atoms with Crippen LogP contribution in [0.25, 0.3) is 11.3 Å². The van der Waals surface area contributed by atoms with Gasteiger partial charge in [-0.1, -0.05) is 23.2 Å². The second-order valence-electron chi connectivity index (χ2n) is 6.88. The van der Waals surface area contributed by atoms with Crippen LogP contribution < -0.4 is 9.64 Å². The summed E-state index contributed by atoms with van der Waals surface area (Å²) in [4.78, 5) is 15.5. The standard InChI is InChI=1S/C21H20Cl2N4O2/c22-16-8-15(9-17(23)10-16)19-6-14(13-28)7-20(26-19)29-18-11-24-21(25-12-18)27-4-2-1-3-5-27/h6-12,28H,1-5,13H2. The fourth-order valence-electron chi connectivity index (χ4n) is 3.29. The number of nitrogens with zero attached hydrogens (tertiary/aromatic N) is 4. The number of hydrogen-bond acceptors (Lipinski definition) is 6. The molecular weight excluding hydrogens is 411 g/mol. The van der Waals surface area contributed by atoms with Gasteiger partial charge in [0.05, 0.1) is 24.7 Å². The molecule has 29 heavy (non-hydrogen) atoms. The van der Waals surface area contributed by atoms with Crippen LogP contribution in [0.5, 0.6) is 11.6 Å². The summed E-state index contributed by atoms with van der Waals surface area (Å²) in [5.41, 5.74) is 1.99. The highest BCUT2D eigenvalue weighted by Gasteiger charge is 2.14. The number of pyridine rings is 1. The molecule has 6 nitrogen and oxygen atoms in total. The van der Waals surface area contributed by atoms with Crippen molar-refractivity contribution < 1.29 is 9.84 Å². The minimum absolute atomic E-state index is 0.148. The molecule has 3 aromatic rings. The third-order valence-electron chi connectivity index (χ3n) is 4.68. The predicted molar refractivity (Wildman–Crippen MR) is 114 cm³/mol. The summed E-state index contributed by atoms with van der Waals surface area (Å²) in [6, 6.07) is 8.62. The zero-order chi connectivity index (χ0) is 20.2. The summed E-state index contributed by atoms with van der Waals surface area (Å²) in [6.07, 6.45) is 6.86. The molecule has 1 aliphatic heterocycles. The van der Waals surface area contributed by atoms with E-state index in [9.17, 15) is 5.11 Å². The number of aliphatic hydroxyl groups excluding tert-OH is 1. The van der Waals surface area contributed by atoms with Crippen LogP contribution in [0, 0.1) is 0 Å². The van der Waals surface area contributed by atoms with Gasteiger partial charge in [0.1, 0.15) is 0 Å². The average molecular weight is 431 g/mol. The Hall–Kier alpha value is -2.41. The van der Waals surface area contributed by atoms with Crippen molar-refractivity contribution in [2.24, 2.45) is 0 Å². The summed E-state index contributed by atoms with van der Waals surface area (Å²) >= 11 is 12.2. The van der Waals surface area contributed by atoms with Crippen molar-refractivity contribution >= 4 is 29.2 Å². The maximum absolute atomic E-state index is 9.62. The van der Waals surface area contributed by atoms with E-state index in [0.717, 1.165) is 31.5 Å². The molecule has 0 bridgehead atoms. The molecule has 0 spiro atoms. The molecule has 150 valence electrons. The molecule has 1 aromatic carbocycles. The minimum atomic E-state index is -0.148. The largest absolute Gasteiger partial charge is 0.436 e. The van der Waals surface area contributed by atoms with Crippen LogP contribution in [-0.4, -0.2) is 33.1 Å². The SMILES string of the molecule is OCc1cc(Oc2cnc(N3CCCCC3)nc2)nc(-c2cc(Cl)cc(Cl)c2)c1. The Morgan fingerprint density at radius 1 is 0.931 bits per heavy atom. The molecule has 3 heterocycles. The van der Waals surface area contributed by atoms with E-state index in [1.54, 1.807) is 42.7 Å². The highest BCUT2D eigenvalue weighted by Crippen LogP contribution is 2.30. The summed E-state index contributed by atoms with van der Waals surface area (Å²) in [5, 5.41) is 10.6. The summed E-state index contributed by atoms with van der Waals surface area (Å²) < 4.78 is 5.85. The summed E-state index contributed by atoms with van der Waals surface area (Å²) in [5.74, 6) is 1.52. The van der Waals surface area contributed by atoms with Crippen molar-refractivity contribution in [1.29, 1.82) is 0 Å². The third-order valence-corrected chi connectivity index (χ3v) is 5.11. The van der Waals surface area contributed by atoms with E-state index in [1.165, 1.54) is 6.42 Å². The van der Waals surface area contributed by atoms with E-state index >= 15 is 0 Å². The van der Waals surface area contributed by atoms with Gasteiger partial charge < -0.3 is 14.7 Å². The first-order valence-electron chi connectivity index (χ1n) is 9.44. The maximum atomic E-state index is 9.62. The molecule has 1 aliphatic rings. The lowest BCUT2D eigenvalue weighted by Crippen LogP contribution is -2.30. The topological polar surface area (TPSA) is 71.4 Å². The van der Waals surface area contributed by atoms with E-state index < -0.39 is 0 Å². The lowest BCUT2D eigenvalue weighted by atomic mass is 10.1. The molecule has 0 unspecified atom stereocenters. The van der Waals surface area contributed by atoms with Crippen LogP contribution in [0.1, 0.15) is 24.8 Å². The van der Waals surface area contributed by atoms with E-state index in [0.29, 0.717) is 38.9 Å². The zero-order valence-electron chi connectivity index (χ0n) is 15.7. The molecule has 0 saturated carbocycles. The Balaban J connectivity index is 1.58. The Kier molecular flexibility index (Phi) is 6.13. The number of halogens is 2. The van der Waals surface area contributed by atoms with Gasteiger partial charge in [0.15, 0.2) is 5.75 Å². The highest BCUT2D eigenvalue weighted by molar-refractivity contribution is 6.35. The van der Waals surface area contributed by atoms with Crippen LogP contribution in [0.2, 0.25) is 10.0 Å². The maximum Gasteiger partial charge on any atom is 0.225 e. The summed E-state index contributed by atoms with van der Waals surface area (Å²) in [7, 11) is 0.